The number of aromatic amines is 1. The monoisotopic (exact) mass is 899 g/mol. The topological polar surface area (TPSA) is 336 Å². The molecule has 1 saturated carbocycles. The van der Waals surface area contributed by atoms with Crippen molar-refractivity contribution in [1.29, 1.82) is 0 Å². The maximum atomic E-state index is 14.9. The number of carbonyl (C=O) groups excluding carboxylic acids is 8. The van der Waals surface area contributed by atoms with Crippen LogP contribution in [0.2, 0.25) is 0 Å². The van der Waals surface area contributed by atoms with Gasteiger partial charge in [0.05, 0.1) is 37.5 Å². The number of nitrogens with two attached hydrogens (primary N) is 4. The van der Waals surface area contributed by atoms with Crippen molar-refractivity contribution in [3.63, 3.8) is 0 Å². The number of amides is 8. The Bertz CT molecular complexity index is 2090. The summed E-state index contributed by atoms with van der Waals surface area (Å²) in [6.07, 6.45) is 10.9. The molecule has 6 radical (unpaired) electrons. The Morgan fingerprint density at radius 2 is 1.40 bits per heavy atom. The lowest BCUT2D eigenvalue weighted by molar-refractivity contribution is -0.143. The van der Waals surface area contributed by atoms with Gasteiger partial charge in [0.2, 0.25) is 47.3 Å². The number of rotatable bonds is 22. The Morgan fingerprint density at radius 1 is 0.785 bits per heavy atom. The average molecular weight is 900 g/mol. The predicted molar refractivity (Wildman–Crippen MR) is 237 cm³/mol. The van der Waals surface area contributed by atoms with E-state index >= 15 is 0 Å². The van der Waals surface area contributed by atoms with E-state index in [0.717, 1.165) is 22.4 Å². The van der Waals surface area contributed by atoms with Gasteiger partial charge in [-0.1, -0.05) is 64.0 Å². The second kappa shape index (κ2) is 22.7. The van der Waals surface area contributed by atoms with E-state index in [0.29, 0.717) is 19.4 Å². The number of nitrogens with one attached hydrogen (secondary N) is 5. The molecule has 1 aromatic carbocycles. The van der Waals surface area contributed by atoms with Gasteiger partial charge in [0.25, 0.3) is 0 Å². The second-order valence-corrected chi connectivity index (χ2v) is 16.9. The Kier molecular flexibility index (Phi) is 17.4. The largest absolute Gasteiger partial charge is 0.370 e. The Labute approximate surface area is 378 Å². The van der Waals surface area contributed by atoms with Crippen LogP contribution in [0.25, 0.3) is 10.9 Å². The highest BCUT2D eigenvalue weighted by Crippen LogP contribution is 2.33. The van der Waals surface area contributed by atoms with E-state index in [2.05, 4.69) is 36.6 Å². The summed E-state index contributed by atoms with van der Waals surface area (Å²) in [6, 6.07) is -1.31. The highest BCUT2D eigenvalue weighted by Gasteiger charge is 2.47. The van der Waals surface area contributed by atoms with Gasteiger partial charge in [-0.05, 0) is 55.6 Å². The molecule has 3 unspecified atom stereocenters. The molecule has 21 nitrogen and oxygen atoms in total. The van der Waals surface area contributed by atoms with Gasteiger partial charge in [-0.2, -0.15) is 5.11 Å². The Balaban J connectivity index is 1.39. The summed E-state index contributed by atoms with van der Waals surface area (Å²) in [4.78, 5) is 112. The van der Waals surface area contributed by atoms with E-state index in [9.17, 15) is 38.4 Å². The van der Waals surface area contributed by atoms with Gasteiger partial charge in [-0.25, -0.2) is 0 Å². The first-order valence-electron chi connectivity index (χ1n) is 21.8. The number of nitrogens with zero attached hydrogens (tertiary/aromatic N) is 4. The number of likely N-dealkylation sites (tertiary alicyclic amines) is 1. The minimum atomic E-state index is -1.68. The van der Waals surface area contributed by atoms with E-state index in [-0.39, 0.29) is 31.3 Å². The quantitative estimate of drug-likeness (QED) is 0.0690. The van der Waals surface area contributed by atoms with E-state index in [1.807, 2.05) is 63.3 Å². The molecule has 0 bridgehead atoms. The number of benzene rings is 1. The van der Waals surface area contributed by atoms with Crippen molar-refractivity contribution in [1.82, 2.24) is 36.2 Å². The fraction of sp³-hybridized carbons (Fsp3) is 0.500. The van der Waals surface area contributed by atoms with Gasteiger partial charge in [0.1, 0.15) is 30.2 Å². The van der Waals surface area contributed by atoms with E-state index < -0.39 is 108 Å². The van der Waals surface area contributed by atoms with Crippen LogP contribution in [-0.2, 0) is 44.8 Å². The molecule has 2 aromatic rings. The molecule has 1 aliphatic carbocycles. The normalized spacial score (nSPS) is 22.0. The Morgan fingerprint density at radius 3 is 2.02 bits per heavy atom. The molecule has 1 saturated heterocycles. The van der Waals surface area contributed by atoms with Gasteiger partial charge in [-0.3, -0.25) is 43.4 Å². The van der Waals surface area contributed by atoms with Gasteiger partial charge in [0.15, 0.2) is 0 Å². The van der Waals surface area contributed by atoms with Crippen molar-refractivity contribution in [3.8, 4) is 0 Å². The summed E-state index contributed by atoms with van der Waals surface area (Å²) in [6.45, 7) is 7.37. The van der Waals surface area contributed by atoms with Crippen LogP contribution in [0.15, 0.2) is 40.8 Å². The summed E-state index contributed by atoms with van der Waals surface area (Å²) >= 11 is 0. The maximum Gasteiger partial charge on any atom is 0.246 e. The van der Waals surface area contributed by atoms with Crippen LogP contribution in [0.5, 0.6) is 0 Å². The zero-order chi connectivity index (χ0) is 47.5. The van der Waals surface area contributed by atoms with Crippen molar-refractivity contribution in [3.05, 3.63) is 74.0 Å². The number of para-hydroxylation sites is 1. The van der Waals surface area contributed by atoms with Crippen LogP contribution >= 0.6 is 0 Å². The first-order valence-corrected chi connectivity index (χ1v) is 21.8. The molecule has 3 heterocycles. The van der Waals surface area contributed by atoms with Crippen molar-refractivity contribution in [2.24, 2.45) is 45.1 Å². The van der Waals surface area contributed by atoms with Crippen molar-refractivity contribution >= 4 is 58.2 Å². The van der Waals surface area contributed by atoms with Crippen LogP contribution in [-0.4, -0.2) is 124 Å². The number of hydrogen-bond donors (Lipinski definition) is 9. The van der Waals surface area contributed by atoms with E-state index in [1.165, 1.54) is 4.90 Å². The molecule has 2 fully saturated rings. The molecular formula is C44H61N13O8. The SMILES string of the molecule is CC[C@H](C)C(N)C(=O)N[C@@H](CC(N)=O)C(=O)N[C@@H](CC(N)=O)C(=O)N[C@H](C(=O)N1CC(N2CC([C]3[CH][CH][CH][CH][CH]3)N=N2)C[C@H]1C(=O)N[C@@H](Cc1c[nH]c2ccccc12)C(N)=O)[C@@H](C)CC. The summed E-state index contributed by atoms with van der Waals surface area (Å²) < 4.78 is 0. The third-order valence-electron chi connectivity index (χ3n) is 12.3. The predicted octanol–water partition coefficient (Wildman–Crippen LogP) is -1.06. The van der Waals surface area contributed by atoms with Crippen LogP contribution in [0.1, 0.15) is 65.4 Å². The maximum absolute atomic E-state index is 14.9. The number of H-pyrrole nitrogens is 1. The number of aromatic nitrogens is 1. The number of primary amides is 3. The molecule has 2 aliphatic heterocycles. The van der Waals surface area contributed by atoms with Crippen molar-refractivity contribution < 1.29 is 38.4 Å². The third kappa shape index (κ3) is 12.8. The van der Waals surface area contributed by atoms with Crippen LogP contribution < -0.4 is 44.2 Å². The molecule has 21 heteroatoms. The van der Waals surface area contributed by atoms with Crippen LogP contribution in [0.4, 0.5) is 0 Å². The number of fused-ring (bicyclic) bond motifs is 1. The van der Waals surface area contributed by atoms with E-state index in [1.54, 1.807) is 32.0 Å². The van der Waals surface area contributed by atoms with Gasteiger partial charge in [-0.15, -0.1) is 0 Å². The zero-order valence-electron chi connectivity index (χ0n) is 37.1. The highest BCUT2D eigenvalue weighted by atomic mass is 16.2. The van der Waals surface area contributed by atoms with Crippen LogP contribution in [0, 0.1) is 49.9 Å². The smallest absolute Gasteiger partial charge is 0.246 e. The molecule has 65 heavy (non-hydrogen) atoms. The zero-order valence-corrected chi connectivity index (χ0v) is 37.1. The molecule has 10 atom stereocenters. The second-order valence-electron chi connectivity index (χ2n) is 16.9. The molecule has 13 N–H and O–H groups in total. The number of carbonyl (C=O) groups is 8. The summed E-state index contributed by atoms with van der Waals surface area (Å²) in [5.74, 6) is -6.76. The fourth-order valence-electron chi connectivity index (χ4n) is 7.97. The lowest BCUT2D eigenvalue weighted by Crippen LogP contribution is -2.61. The summed E-state index contributed by atoms with van der Waals surface area (Å²) in [7, 11) is 0. The fourth-order valence-corrected chi connectivity index (χ4v) is 7.97. The lowest BCUT2D eigenvalue weighted by atomic mass is 9.84. The van der Waals surface area contributed by atoms with Gasteiger partial charge in [0, 0.05) is 42.4 Å². The molecule has 0 spiro atoms. The number of hydrogen-bond acceptors (Lipinski definition) is 12. The molecule has 8 amide bonds. The summed E-state index contributed by atoms with van der Waals surface area (Å²) in [5.41, 5.74) is 24.4. The first-order chi connectivity index (χ1) is 30.9. The third-order valence-corrected chi connectivity index (χ3v) is 12.3. The molecule has 3 aliphatic rings. The molecule has 350 valence electrons. The highest BCUT2D eigenvalue weighted by molar-refractivity contribution is 5.99. The molecule has 1 aromatic heterocycles. The molecule has 5 rings (SSSR count). The van der Waals surface area contributed by atoms with Gasteiger partial charge < -0.3 is 54.1 Å². The van der Waals surface area contributed by atoms with E-state index in [4.69, 9.17) is 22.9 Å². The minimum absolute atomic E-state index is 0.0291. The van der Waals surface area contributed by atoms with Crippen molar-refractivity contribution in [2.75, 3.05) is 13.1 Å². The minimum Gasteiger partial charge on any atom is -0.370 e. The summed E-state index contributed by atoms with van der Waals surface area (Å²) in [5, 5.41) is 21.7. The average Bonchev–Trinajstić information content (AvgIpc) is 4.06. The van der Waals surface area contributed by atoms with Gasteiger partial charge >= 0.3 is 0 Å². The van der Waals surface area contributed by atoms with Crippen molar-refractivity contribution in [2.45, 2.75) is 115 Å². The molecular weight excluding hydrogens is 839 g/mol. The van der Waals surface area contributed by atoms with Crippen LogP contribution in [0.3, 0.4) is 0 Å². The Hall–Kier alpha value is -6.12. The first kappa shape index (κ1) is 49.9. The standard InChI is InChI=1S/C44H61N13O8/c1-5-23(3)37(47)43(64)52-31(18-35(45)58)40(61)51-32(19-36(46)59)41(62)53-38(24(4)6-2)44(65)56-21-27(57-22-33(54-55-57)25-12-8-7-9-13-25)17-34(56)42(63)50-30(39(48)60)16-26-20-49-29-15-11-10-14-28(26)29/h7-15,20,23-24,27,30-34,37-38,49H,5-6,16-19,21-22,47H2,1-4H3,(H2,45,58)(H2,46,59)(H2,48,60)(H,50,63)(H,51,61)(H,52,64)(H,53,62)/t23-,24-,27?,30-,31-,32-,33?,34-,37?,38-/m0/s1. The lowest BCUT2D eigenvalue weighted by Gasteiger charge is -2.33.